The van der Waals surface area contributed by atoms with Crippen LogP contribution in [0.4, 0.5) is 0 Å². The molecule has 1 saturated heterocycles. The van der Waals surface area contributed by atoms with E-state index in [0.717, 1.165) is 25.7 Å². The Kier molecular flexibility index (Phi) is 5.34. The number of hydrogen-bond donors (Lipinski definition) is 2. The lowest BCUT2D eigenvalue weighted by atomic mass is 9.73. The van der Waals surface area contributed by atoms with Crippen molar-refractivity contribution in [3.05, 3.63) is 0 Å². The van der Waals surface area contributed by atoms with E-state index in [0.29, 0.717) is 17.8 Å². The smallest absolute Gasteiger partial charge is 0.150 e. The van der Waals surface area contributed by atoms with E-state index >= 15 is 0 Å². The highest BCUT2D eigenvalue weighted by molar-refractivity contribution is 7.91. The van der Waals surface area contributed by atoms with Gasteiger partial charge in [-0.05, 0) is 44.9 Å². The zero-order valence-electron chi connectivity index (χ0n) is 13.6. The Labute approximate surface area is 128 Å². The summed E-state index contributed by atoms with van der Waals surface area (Å²) >= 11 is 0. The minimum atomic E-state index is -2.96. The van der Waals surface area contributed by atoms with Crippen LogP contribution >= 0.6 is 0 Å². The maximum Gasteiger partial charge on any atom is 0.150 e. The van der Waals surface area contributed by atoms with E-state index in [1.807, 2.05) is 0 Å². The topological polar surface area (TPSA) is 81.4 Å². The van der Waals surface area contributed by atoms with Crippen molar-refractivity contribution >= 4 is 9.84 Å². The summed E-state index contributed by atoms with van der Waals surface area (Å²) in [4.78, 5) is 0. The predicted octanol–water partition coefficient (Wildman–Crippen LogP) is 1.48. The van der Waals surface area contributed by atoms with Crippen LogP contribution in [0.15, 0.2) is 0 Å². The summed E-state index contributed by atoms with van der Waals surface area (Å²) in [6, 6.07) is 0.129. The van der Waals surface area contributed by atoms with Crippen LogP contribution in [0.5, 0.6) is 0 Å². The van der Waals surface area contributed by atoms with Crippen LogP contribution in [0.1, 0.15) is 46.5 Å². The van der Waals surface area contributed by atoms with E-state index in [-0.39, 0.29) is 23.5 Å². The zero-order chi connectivity index (χ0) is 15.8. The largest absolute Gasteiger partial charge is 0.375 e. The van der Waals surface area contributed by atoms with Crippen LogP contribution in [-0.4, -0.2) is 38.2 Å². The van der Waals surface area contributed by atoms with Gasteiger partial charge in [-0.2, -0.15) is 0 Å². The van der Waals surface area contributed by atoms with Crippen LogP contribution in [0, 0.1) is 17.8 Å². The van der Waals surface area contributed by atoms with Gasteiger partial charge in [0.15, 0.2) is 0 Å². The number of sulfone groups is 1. The van der Waals surface area contributed by atoms with Crippen molar-refractivity contribution in [3.8, 4) is 0 Å². The Morgan fingerprint density at radius 2 is 1.86 bits per heavy atom. The van der Waals surface area contributed by atoms with E-state index in [1.165, 1.54) is 6.26 Å². The van der Waals surface area contributed by atoms with Gasteiger partial charge >= 0.3 is 0 Å². The van der Waals surface area contributed by atoms with Crippen molar-refractivity contribution in [1.82, 2.24) is 5.43 Å². The molecule has 0 aromatic rings. The maximum absolute atomic E-state index is 11.9. The summed E-state index contributed by atoms with van der Waals surface area (Å²) in [5.41, 5.74) is 2.99. The highest BCUT2D eigenvalue weighted by Gasteiger charge is 2.45. The molecule has 0 aromatic carbocycles. The number of hydrogen-bond acceptors (Lipinski definition) is 5. The quantitative estimate of drug-likeness (QED) is 0.606. The Balaban J connectivity index is 2.14. The average Bonchev–Trinajstić information content (AvgIpc) is 2.66. The molecule has 1 heterocycles. The average molecular weight is 318 g/mol. The van der Waals surface area contributed by atoms with Crippen molar-refractivity contribution < 1.29 is 13.2 Å². The molecular weight excluding hydrogens is 288 g/mol. The molecule has 0 amide bonds. The third kappa shape index (κ3) is 3.60. The van der Waals surface area contributed by atoms with E-state index < -0.39 is 9.84 Å². The van der Waals surface area contributed by atoms with Crippen molar-refractivity contribution in [2.45, 2.75) is 70.0 Å². The van der Waals surface area contributed by atoms with Gasteiger partial charge in [-0.1, -0.05) is 13.3 Å². The summed E-state index contributed by atoms with van der Waals surface area (Å²) in [7, 11) is -2.96. The zero-order valence-corrected chi connectivity index (χ0v) is 14.4. The van der Waals surface area contributed by atoms with Gasteiger partial charge < -0.3 is 4.74 Å². The molecule has 1 aliphatic carbocycles. The van der Waals surface area contributed by atoms with E-state index in [2.05, 4.69) is 26.2 Å². The summed E-state index contributed by atoms with van der Waals surface area (Å²) < 4.78 is 29.7. The van der Waals surface area contributed by atoms with Gasteiger partial charge in [0.2, 0.25) is 0 Å². The van der Waals surface area contributed by atoms with Crippen LogP contribution in [0.2, 0.25) is 0 Å². The predicted molar refractivity (Wildman–Crippen MR) is 84.4 cm³/mol. The molecule has 21 heavy (non-hydrogen) atoms. The number of ether oxygens (including phenoxy) is 1. The SMILES string of the molecule is CC1OC(C)C(C(NN)C2CCCC(S(C)(=O)=O)C2)C1C. The highest BCUT2D eigenvalue weighted by atomic mass is 32.2. The summed E-state index contributed by atoms with van der Waals surface area (Å²) in [6.07, 6.45) is 5.27. The molecular formula is C15H30N2O3S. The van der Waals surface area contributed by atoms with Gasteiger partial charge in [-0.25, -0.2) is 8.42 Å². The van der Waals surface area contributed by atoms with Crippen molar-refractivity contribution in [2.75, 3.05) is 6.26 Å². The highest BCUT2D eigenvalue weighted by Crippen LogP contribution is 2.40. The molecule has 5 nitrogen and oxygen atoms in total. The van der Waals surface area contributed by atoms with E-state index in [4.69, 9.17) is 10.6 Å². The molecule has 2 fully saturated rings. The third-order valence-corrected chi connectivity index (χ3v) is 7.35. The standard InChI is InChI=1S/C15H30N2O3S/c1-9-10(2)20-11(3)14(9)15(17-16)12-6-5-7-13(8-12)21(4,18)19/h9-15,17H,5-8,16H2,1-4H3. The van der Waals surface area contributed by atoms with Crippen molar-refractivity contribution in [1.29, 1.82) is 0 Å². The molecule has 0 aromatic heterocycles. The minimum absolute atomic E-state index is 0.129. The van der Waals surface area contributed by atoms with Gasteiger partial charge in [-0.15, -0.1) is 0 Å². The van der Waals surface area contributed by atoms with Crippen LogP contribution in [-0.2, 0) is 14.6 Å². The Hall–Kier alpha value is -0.170. The van der Waals surface area contributed by atoms with Gasteiger partial charge in [0.05, 0.1) is 17.5 Å². The molecule has 124 valence electrons. The normalized spacial score (nSPS) is 42.9. The molecule has 0 radical (unpaired) electrons. The molecule has 0 bridgehead atoms. The first-order valence-electron chi connectivity index (χ1n) is 8.06. The van der Waals surface area contributed by atoms with Crippen LogP contribution in [0.3, 0.4) is 0 Å². The van der Waals surface area contributed by atoms with E-state index in [9.17, 15) is 8.42 Å². The molecule has 2 rings (SSSR count). The Morgan fingerprint density at radius 3 is 2.33 bits per heavy atom. The summed E-state index contributed by atoms with van der Waals surface area (Å²) in [5.74, 6) is 6.94. The molecule has 0 spiro atoms. The first-order valence-corrected chi connectivity index (χ1v) is 10.0. The monoisotopic (exact) mass is 318 g/mol. The summed E-state index contributed by atoms with van der Waals surface area (Å²) in [5, 5.41) is -0.211. The maximum atomic E-state index is 11.9. The lowest BCUT2D eigenvalue weighted by molar-refractivity contribution is 0.0428. The molecule has 6 heteroatoms. The number of rotatable bonds is 4. The fourth-order valence-electron chi connectivity index (χ4n) is 4.37. The molecule has 7 unspecified atom stereocenters. The lowest BCUT2D eigenvalue weighted by Crippen LogP contribution is -2.51. The van der Waals surface area contributed by atoms with Crippen LogP contribution in [0.25, 0.3) is 0 Å². The van der Waals surface area contributed by atoms with Crippen molar-refractivity contribution in [2.24, 2.45) is 23.6 Å². The summed E-state index contributed by atoms with van der Waals surface area (Å²) in [6.45, 7) is 6.42. The van der Waals surface area contributed by atoms with Gasteiger partial charge in [0.25, 0.3) is 0 Å². The molecule has 3 N–H and O–H groups in total. The lowest BCUT2D eigenvalue weighted by Gasteiger charge is -2.38. The number of hydrazine groups is 1. The molecule has 1 aliphatic heterocycles. The second kappa shape index (κ2) is 6.52. The Morgan fingerprint density at radius 1 is 1.19 bits per heavy atom. The molecule has 1 saturated carbocycles. The van der Waals surface area contributed by atoms with Crippen molar-refractivity contribution in [3.63, 3.8) is 0 Å². The molecule has 2 aliphatic rings. The second-order valence-electron chi connectivity index (χ2n) is 7.05. The fraction of sp³-hybridized carbons (Fsp3) is 1.00. The first-order chi connectivity index (χ1) is 9.75. The van der Waals surface area contributed by atoms with Gasteiger partial charge in [-0.3, -0.25) is 11.3 Å². The van der Waals surface area contributed by atoms with E-state index in [1.54, 1.807) is 0 Å². The van der Waals surface area contributed by atoms with Gasteiger partial charge in [0.1, 0.15) is 9.84 Å². The minimum Gasteiger partial charge on any atom is -0.375 e. The van der Waals surface area contributed by atoms with Gasteiger partial charge in [0, 0.05) is 18.2 Å². The first kappa shape index (κ1) is 17.2. The Bertz CT molecular complexity index is 454. The fourth-order valence-corrected chi connectivity index (χ4v) is 5.56. The second-order valence-corrected chi connectivity index (χ2v) is 9.38. The number of nitrogens with two attached hydrogens (primary N) is 1. The van der Waals surface area contributed by atoms with Crippen LogP contribution < -0.4 is 11.3 Å². The third-order valence-electron chi connectivity index (χ3n) is 5.71. The molecule has 7 atom stereocenters. The number of nitrogens with one attached hydrogen (secondary N) is 1.